The maximum Gasteiger partial charge on any atom is 0.256 e. The van der Waals surface area contributed by atoms with Crippen LogP contribution in [0.25, 0.3) is 11.6 Å². The van der Waals surface area contributed by atoms with Crippen molar-refractivity contribution in [3.63, 3.8) is 0 Å². The minimum atomic E-state index is -0.0603. The number of anilines is 1. The van der Waals surface area contributed by atoms with Crippen molar-refractivity contribution >= 4 is 55.1 Å². The van der Waals surface area contributed by atoms with Crippen LogP contribution < -0.4 is 5.32 Å². The SMILES string of the molecule is Cc1c(Br)cc(Br)c2c1C(=Cc1ccc(C(C)C)cc1)C(=O)N2. The Morgan fingerprint density at radius 3 is 2.35 bits per heavy atom. The Balaban J connectivity index is 2.10. The van der Waals surface area contributed by atoms with Crippen LogP contribution in [0.3, 0.4) is 0 Å². The molecule has 0 aliphatic carbocycles. The number of hydrogen-bond donors (Lipinski definition) is 1. The molecule has 0 bridgehead atoms. The Hall–Kier alpha value is -1.39. The summed E-state index contributed by atoms with van der Waals surface area (Å²) < 4.78 is 1.87. The van der Waals surface area contributed by atoms with Crippen LogP contribution in [0.2, 0.25) is 0 Å². The van der Waals surface area contributed by atoms with Crippen LogP contribution in [0, 0.1) is 6.92 Å². The molecule has 0 saturated carbocycles. The number of benzene rings is 2. The number of carbonyl (C=O) groups excluding carboxylic acids is 1. The number of halogens is 2. The van der Waals surface area contributed by atoms with Crippen LogP contribution in [-0.2, 0) is 4.79 Å². The van der Waals surface area contributed by atoms with Gasteiger partial charge >= 0.3 is 0 Å². The molecule has 0 spiro atoms. The number of carbonyl (C=O) groups is 1. The van der Waals surface area contributed by atoms with Crippen LogP contribution in [0.1, 0.15) is 42.0 Å². The van der Waals surface area contributed by atoms with E-state index in [0.29, 0.717) is 11.5 Å². The van der Waals surface area contributed by atoms with Crippen LogP contribution in [0.15, 0.2) is 39.3 Å². The van der Waals surface area contributed by atoms with Gasteiger partial charge in [0, 0.05) is 20.1 Å². The molecule has 3 rings (SSSR count). The molecule has 1 N–H and O–H groups in total. The Morgan fingerprint density at radius 2 is 1.74 bits per heavy atom. The molecule has 1 amide bonds. The lowest BCUT2D eigenvalue weighted by Gasteiger charge is -2.09. The predicted octanol–water partition coefficient (Wildman–Crippen LogP) is 6.14. The molecule has 1 aliphatic rings. The summed E-state index contributed by atoms with van der Waals surface area (Å²) in [5, 5.41) is 2.96. The van der Waals surface area contributed by atoms with Gasteiger partial charge in [0.05, 0.1) is 5.69 Å². The molecule has 118 valence electrons. The van der Waals surface area contributed by atoms with Gasteiger partial charge in [0.1, 0.15) is 0 Å². The number of nitrogens with one attached hydrogen (secondary N) is 1. The number of fused-ring (bicyclic) bond motifs is 1. The summed E-state index contributed by atoms with van der Waals surface area (Å²) in [7, 11) is 0. The quantitative estimate of drug-likeness (QED) is 0.565. The van der Waals surface area contributed by atoms with Crippen LogP contribution in [0.4, 0.5) is 5.69 Å². The Kier molecular flexibility index (Phi) is 4.47. The minimum absolute atomic E-state index is 0.0603. The van der Waals surface area contributed by atoms with Crippen molar-refractivity contribution < 1.29 is 4.79 Å². The molecule has 1 heterocycles. The second-order valence-electron chi connectivity index (χ2n) is 6.05. The van der Waals surface area contributed by atoms with E-state index in [9.17, 15) is 4.79 Å². The maximum atomic E-state index is 12.4. The summed E-state index contributed by atoms with van der Waals surface area (Å²) in [6.07, 6.45) is 1.96. The number of rotatable bonds is 2. The van der Waals surface area contributed by atoms with E-state index in [1.165, 1.54) is 5.56 Å². The predicted molar refractivity (Wildman–Crippen MR) is 104 cm³/mol. The average molecular weight is 435 g/mol. The fourth-order valence-corrected chi connectivity index (χ4v) is 4.01. The van der Waals surface area contributed by atoms with Crippen molar-refractivity contribution in [2.24, 2.45) is 0 Å². The first-order valence-electron chi connectivity index (χ1n) is 7.50. The fourth-order valence-electron chi connectivity index (χ4n) is 2.75. The zero-order valence-corrected chi connectivity index (χ0v) is 16.4. The molecular weight excluding hydrogens is 418 g/mol. The van der Waals surface area contributed by atoms with Crippen molar-refractivity contribution in [3.05, 3.63) is 61.5 Å². The molecule has 0 unspecified atom stereocenters. The minimum Gasteiger partial charge on any atom is -0.320 e. The van der Waals surface area contributed by atoms with Gasteiger partial charge in [-0.1, -0.05) is 54.0 Å². The Morgan fingerprint density at radius 1 is 1.09 bits per heavy atom. The van der Waals surface area contributed by atoms with Crippen LogP contribution in [-0.4, -0.2) is 5.91 Å². The zero-order chi connectivity index (χ0) is 16.7. The molecule has 4 heteroatoms. The third-order valence-corrected chi connectivity index (χ3v) is 5.59. The lowest BCUT2D eigenvalue weighted by Crippen LogP contribution is -2.03. The maximum absolute atomic E-state index is 12.4. The first-order valence-corrected chi connectivity index (χ1v) is 9.09. The van der Waals surface area contributed by atoms with Crippen molar-refractivity contribution in [1.29, 1.82) is 0 Å². The van der Waals surface area contributed by atoms with E-state index in [0.717, 1.165) is 31.3 Å². The largest absolute Gasteiger partial charge is 0.320 e. The first kappa shape index (κ1) is 16.5. The second-order valence-corrected chi connectivity index (χ2v) is 7.76. The van der Waals surface area contributed by atoms with Crippen LogP contribution >= 0.6 is 31.9 Å². The molecule has 2 nitrogen and oxygen atoms in total. The van der Waals surface area contributed by atoms with Gasteiger partial charge < -0.3 is 5.32 Å². The van der Waals surface area contributed by atoms with Crippen molar-refractivity contribution in [2.45, 2.75) is 26.7 Å². The summed E-state index contributed by atoms with van der Waals surface area (Å²) in [6.45, 7) is 6.37. The van der Waals surface area contributed by atoms with Crippen LogP contribution in [0.5, 0.6) is 0 Å². The van der Waals surface area contributed by atoms with E-state index in [-0.39, 0.29) is 5.91 Å². The van der Waals surface area contributed by atoms with Gasteiger partial charge in [-0.25, -0.2) is 0 Å². The summed E-state index contributed by atoms with van der Waals surface area (Å²) in [4.78, 5) is 12.4. The Bertz CT molecular complexity index is 820. The molecule has 0 fully saturated rings. The normalized spacial score (nSPS) is 15.2. The van der Waals surface area contributed by atoms with E-state index in [4.69, 9.17) is 0 Å². The Labute approximate surface area is 153 Å². The molecule has 2 aromatic carbocycles. The highest BCUT2D eigenvalue weighted by atomic mass is 79.9. The molecule has 0 radical (unpaired) electrons. The number of hydrogen-bond acceptors (Lipinski definition) is 1. The average Bonchev–Trinajstić information content (AvgIpc) is 2.83. The van der Waals surface area contributed by atoms with Gasteiger partial charge in [-0.2, -0.15) is 0 Å². The third-order valence-electron chi connectivity index (χ3n) is 4.14. The van der Waals surface area contributed by atoms with Gasteiger partial charge in [-0.3, -0.25) is 4.79 Å². The highest BCUT2D eigenvalue weighted by Gasteiger charge is 2.28. The van der Waals surface area contributed by atoms with E-state index in [1.807, 2.05) is 19.1 Å². The summed E-state index contributed by atoms with van der Waals surface area (Å²) in [6, 6.07) is 10.3. The monoisotopic (exact) mass is 433 g/mol. The summed E-state index contributed by atoms with van der Waals surface area (Å²) >= 11 is 7.09. The van der Waals surface area contributed by atoms with E-state index < -0.39 is 0 Å². The standard InChI is InChI=1S/C19H17Br2NO/c1-10(2)13-6-4-12(5-7-13)8-14-17-11(3)15(20)9-16(21)18(17)22-19(14)23/h4-10H,1-3H3,(H,22,23). The highest BCUT2D eigenvalue weighted by Crippen LogP contribution is 2.43. The zero-order valence-electron chi connectivity index (χ0n) is 13.2. The van der Waals surface area contributed by atoms with Gasteiger partial charge in [0.2, 0.25) is 0 Å². The van der Waals surface area contributed by atoms with Gasteiger partial charge in [0.15, 0.2) is 0 Å². The third kappa shape index (κ3) is 3.02. The lowest BCUT2D eigenvalue weighted by atomic mass is 9.97. The molecular formula is C19H17Br2NO. The van der Waals surface area contributed by atoms with Crippen molar-refractivity contribution in [2.75, 3.05) is 5.32 Å². The number of amides is 1. The summed E-state index contributed by atoms with van der Waals surface area (Å²) in [5.74, 6) is 0.441. The fraction of sp³-hybridized carbons (Fsp3) is 0.211. The lowest BCUT2D eigenvalue weighted by molar-refractivity contribution is -0.110. The van der Waals surface area contributed by atoms with Crippen molar-refractivity contribution in [3.8, 4) is 0 Å². The van der Waals surface area contributed by atoms with Gasteiger partial charge in [0.25, 0.3) is 5.91 Å². The highest BCUT2D eigenvalue weighted by molar-refractivity contribution is 9.11. The first-order chi connectivity index (χ1) is 10.9. The molecule has 23 heavy (non-hydrogen) atoms. The molecule has 1 aliphatic heterocycles. The molecule has 2 aromatic rings. The topological polar surface area (TPSA) is 29.1 Å². The van der Waals surface area contributed by atoms with Gasteiger partial charge in [-0.05, 0) is 57.6 Å². The van der Waals surface area contributed by atoms with Crippen molar-refractivity contribution in [1.82, 2.24) is 0 Å². The smallest absolute Gasteiger partial charge is 0.256 e. The molecule has 0 atom stereocenters. The van der Waals surface area contributed by atoms with Gasteiger partial charge in [-0.15, -0.1) is 0 Å². The molecule has 0 saturated heterocycles. The van der Waals surface area contributed by atoms with E-state index in [1.54, 1.807) is 0 Å². The second kappa shape index (κ2) is 6.25. The van der Waals surface area contributed by atoms with E-state index >= 15 is 0 Å². The van der Waals surface area contributed by atoms with E-state index in [2.05, 4.69) is 75.3 Å². The summed E-state index contributed by atoms with van der Waals surface area (Å²) in [5.41, 5.74) is 5.90. The molecule has 0 aromatic heterocycles.